The van der Waals surface area contributed by atoms with Crippen LogP contribution in [0.2, 0.25) is 0 Å². The molecule has 3 aromatic heterocycles. The first-order valence-corrected chi connectivity index (χ1v) is 34.0. The number of aliphatic hydroxyl groups excluding tert-OH is 1. The molecule has 10 N–H and O–H groups in total. The van der Waals surface area contributed by atoms with E-state index in [0.717, 1.165) is 18.2 Å². The molecule has 6 aromatic carbocycles. The van der Waals surface area contributed by atoms with Crippen LogP contribution in [0.15, 0.2) is 142 Å². The molecule has 0 radical (unpaired) electrons. The summed E-state index contributed by atoms with van der Waals surface area (Å²) in [5.41, 5.74) is 8.72. The van der Waals surface area contributed by atoms with Crippen LogP contribution in [0.4, 0.5) is 36.2 Å². The van der Waals surface area contributed by atoms with E-state index in [4.69, 9.17) is 34.9 Å². The molecule has 0 atom stereocenters. The standard InChI is InChI=1S/C28H32N2O8.C24H28N2O4.C18H27NO6.C10H7NO3.CH3O.Na/c1-27(2,3)18-12-19(28(4,5)15-37-25(33)35-6)22(38-26(34)36-7)13-21(18)30-24(32)17-14-29-20-11-9-8-10-16(20)23(17)31;1-23(2,3)16-10-17(24(4,5)13-27)20(28)11-19(16)26-22(30)15-12-25-18-9-7-6-8-14(18)21(15)29;1-17(2,3)11-8-12(18(4,5)10-24-15(20)22-6)14(9-13(11)19)25-16(21)23-7;12-9-6-3-1-2-4-8(6)11-5-7(9)10(13)14;1-2;/h8-14H,15H2,1-7H3,(H,29,31)(H,30,32);6-12,27-28H,13H2,1-5H3,(H,25,29)(H,26,30);8-9H,10,19H2,1-7H3;1-5H,(H,11,12)(H,13,14);1H3;/q;;;;-1;+1. The minimum Gasteiger partial charge on any atom is -0.857 e. The minimum absolute atomic E-state index is 0. The first kappa shape index (κ1) is 91.3. The summed E-state index contributed by atoms with van der Waals surface area (Å²) in [6, 6.07) is 30.7. The second-order valence-corrected chi connectivity index (χ2v) is 29.8. The molecule has 9 rings (SSSR count). The number of nitrogens with two attached hydrogens (primary N) is 1. The summed E-state index contributed by atoms with van der Waals surface area (Å²) in [5, 5.41) is 44.1. The second-order valence-electron chi connectivity index (χ2n) is 29.8. The number of benzene rings is 6. The van der Waals surface area contributed by atoms with Crippen molar-refractivity contribution in [1.29, 1.82) is 0 Å². The maximum Gasteiger partial charge on any atom is 1.00 e. The van der Waals surface area contributed by atoms with Gasteiger partial charge in [0.25, 0.3) is 11.8 Å². The van der Waals surface area contributed by atoms with Gasteiger partial charge in [-0.3, -0.25) is 24.0 Å². The zero-order valence-electron chi connectivity index (χ0n) is 65.9. The molecule has 28 nitrogen and oxygen atoms in total. The fourth-order valence-electron chi connectivity index (χ4n) is 11.1. The summed E-state index contributed by atoms with van der Waals surface area (Å²) >= 11 is 0. The molecule has 0 aliphatic heterocycles. The topological polar surface area (TPSA) is 426 Å². The van der Waals surface area contributed by atoms with Crippen molar-refractivity contribution < 1.29 is 121 Å². The number of anilines is 3. The summed E-state index contributed by atoms with van der Waals surface area (Å²) < 4.78 is 39.3. The first-order valence-electron chi connectivity index (χ1n) is 34.0. The van der Waals surface area contributed by atoms with Crippen LogP contribution in [0.3, 0.4) is 0 Å². The van der Waals surface area contributed by atoms with Gasteiger partial charge in [-0.2, -0.15) is 7.11 Å². The average Bonchev–Trinajstić information content (AvgIpc) is 0.782. The molecule has 29 heteroatoms. The van der Waals surface area contributed by atoms with E-state index in [2.05, 4.69) is 44.5 Å². The Morgan fingerprint density at radius 1 is 0.436 bits per heavy atom. The van der Waals surface area contributed by atoms with Crippen molar-refractivity contribution >= 4 is 92.2 Å². The number of ether oxygens (including phenoxy) is 8. The van der Waals surface area contributed by atoms with E-state index in [-0.39, 0.29) is 99.6 Å². The number of carboxylic acids is 1. The van der Waals surface area contributed by atoms with E-state index in [1.54, 1.807) is 92.7 Å². The molecule has 110 heavy (non-hydrogen) atoms. The van der Waals surface area contributed by atoms with Gasteiger partial charge in [-0.25, -0.2) is 24.0 Å². The van der Waals surface area contributed by atoms with E-state index in [1.165, 1.54) is 59.2 Å². The number of carboxylic acid groups (broad SMARTS) is 1. The zero-order valence-corrected chi connectivity index (χ0v) is 67.9. The largest absolute Gasteiger partial charge is 1.00 e. The van der Waals surface area contributed by atoms with Crippen molar-refractivity contribution in [3.05, 3.63) is 209 Å². The van der Waals surface area contributed by atoms with Crippen LogP contribution < -0.4 is 76.8 Å². The molecule has 0 spiro atoms. The number of carbonyl (C=O) groups is 7. The van der Waals surface area contributed by atoms with Gasteiger partial charge in [0.05, 0.1) is 35.0 Å². The van der Waals surface area contributed by atoms with E-state index >= 15 is 0 Å². The number of phenolic OH excluding ortho intramolecular Hbond substituents is 1. The zero-order chi connectivity index (χ0) is 82.1. The number of hydrogen-bond acceptors (Lipinski definition) is 22. The fraction of sp³-hybridized carbons (Fsp3) is 0.358. The Balaban J connectivity index is 0.000000320. The van der Waals surface area contributed by atoms with Crippen LogP contribution in [0.1, 0.15) is 168 Å². The molecule has 3 heterocycles. The van der Waals surface area contributed by atoms with E-state index in [9.17, 15) is 58.2 Å². The van der Waals surface area contributed by atoms with Crippen molar-refractivity contribution in [2.24, 2.45) is 0 Å². The number of H-pyrrole nitrogens is 3. The van der Waals surface area contributed by atoms with Crippen LogP contribution in [-0.2, 0) is 60.9 Å². The molecule has 0 aliphatic carbocycles. The molecule has 0 saturated carbocycles. The predicted molar refractivity (Wildman–Crippen MR) is 413 cm³/mol. The maximum absolute atomic E-state index is 13.3. The van der Waals surface area contributed by atoms with Gasteiger partial charge in [0.15, 0.2) is 0 Å². The van der Waals surface area contributed by atoms with Crippen LogP contribution in [0.5, 0.6) is 17.2 Å². The number of methoxy groups -OCH3 is 4. The van der Waals surface area contributed by atoms with Crippen molar-refractivity contribution in [2.75, 3.05) is 71.7 Å². The number of nitrogen functional groups attached to an aromatic ring is 1. The Bertz CT molecular complexity index is 5020. The van der Waals surface area contributed by atoms with Crippen molar-refractivity contribution in [2.45, 2.75) is 136 Å². The van der Waals surface area contributed by atoms with Gasteiger partial charge in [-0.15, -0.1) is 0 Å². The second kappa shape index (κ2) is 38.4. The summed E-state index contributed by atoms with van der Waals surface area (Å²) in [6.45, 7) is 28.7. The molecule has 0 saturated heterocycles. The number of phenols is 1. The van der Waals surface area contributed by atoms with Crippen molar-refractivity contribution in [1.82, 2.24) is 15.0 Å². The average molecular weight is 1530 g/mol. The number of fused-ring (bicyclic) bond motifs is 3. The number of para-hydroxylation sites is 3. The Kier molecular flexibility index (Phi) is 31.8. The molecule has 0 bridgehead atoms. The van der Waals surface area contributed by atoms with Gasteiger partial charge in [0, 0.05) is 119 Å². The number of pyridine rings is 3. The minimum atomic E-state index is -1.21. The van der Waals surface area contributed by atoms with Gasteiger partial charge < -0.3 is 89.6 Å². The van der Waals surface area contributed by atoms with E-state index in [1.807, 2.05) is 108 Å². The van der Waals surface area contributed by atoms with Crippen LogP contribution in [0.25, 0.3) is 32.7 Å². The van der Waals surface area contributed by atoms with Gasteiger partial charge in [0.2, 0.25) is 16.3 Å². The van der Waals surface area contributed by atoms with Crippen LogP contribution in [-0.4, -0.2) is 128 Å². The number of amides is 2. The summed E-state index contributed by atoms with van der Waals surface area (Å²) in [4.78, 5) is 130. The summed E-state index contributed by atoms with van der Waals surface area (Å²) in [5.74, 6) is -2.07. The van der Waals surface area contributed by atoms with E-state index < -0.39 is 74.9 Å². The molecule has 584 valence electrons. The Morgan fingerprint density at radius 3 is 1.10 bits per heavy atom. The van der Waals surface area contributed by atoms with E-state index in [0.29, 0.717) is 72.0 Å². The summed E-state index contributed by atoms with van der Waals surface area (Å²) in [7, 11) is 5.59. The molecule has 2 amide bonds. The number of rotatable bonds is 15. The van der Waals surface area contributed by atoms with Crippen molar-refractivity contribution in [3.8, 4) is 17.2 Å². The number of aromatic amines is 3. The first-order chi connectivity index (χ1) is 50.8. The smallest absolute Gasteiger partial charge is 0.857 e. The number of aliphatic hydroxyl groups is 1. The van der Waals surface area contributed by atoms with Gasteiger partial charge in [-0.1, -0.05) is 140 Å². The Labute approximate surface area is 658 Å². The summed E-state index contributed by atoms with van der Waals surface area (Å²) in [6.07, 6.45) is 0.525. The predicted octanol–water partition coefficient (Wildman–Crippen LogP) is 10.3. The molecule has 0 aliphatic rings. The van der Waals surface area contributed by atoms with Crippen LogP contribution in [0, 0.1) is 0 Å². The van der Waals surface area contributed by atoms with Gasteiger partial charge in [0.1, 0.15) is 47.2 Å². The third-order valence-corrected chi connectivity index (χ3v) is 17.2. The fourth-order valence-corrected chi connectivity index (χ4v) is 11.1. The Morgan fingerprint density at radius 2 is 0.755 bits per heavy atom. The third-order valence-electron chi connectivity index (χ3n) is 17.2. The maximum atomic E-state index is 13.3. The molecule has 0 unspecified atom stereocenters. The van der Waals surface area contributed by atoms with Gasteiger partial charge in [-0.05, 0) is 87.5 Å². The monoisotopic (exact) mass is 1530 g/mol. The number of carbonyl (C=O) groups excluding carboxylic acids is 6. The molecular weight excluding hydrogens is 1430 g/mol. The van der Waals surface area contributed by atoms with Crippen molar-refractivity contribution in [3.63, 3.8) is 0 Å². The number of aromatic hydroxyl groups is 1. The number of aromatic carboxylic acids is 1. The van der Waals surface area contributed by atoms with Crippen LogP contribution >= 0.6 is 0 Å². The number of aromatic nitrogens is 3. The quantitative estimate of drug-likeness (QED) is 0.0151. The Hall–Kier alpha value is -11.0. The SMILES string of the molecule is CC(C)(C)c1cc(C(C)(C)CO)c(O)cc1NC(=O)c1c[nH]c2ccccc2c1=O.COC(=O)OCC(C)(C)c1cc(C(C)(C)C)c(N)cc1OC(=O)OC.COC(=O)OCC(C)(C)c1cc(C(C)(C)C)c(NC(=O)c2c[nH]c3ccccc3c2=O)cc1OC(=O)OC.C[O-].O=C(O)c1c[nH]c2ccccc2c1=O.[Na+]. The molecular formula is C81H97N6NaO22. The number of hydrogen-bond donors (Lipinski definition) is 9. The third kappa shape index (κ3) is 23.3. The van der Waals surface area contributed by atoms with Gasteiger partial charge >= 0.3 is 60.1 Å². The number of nitrogens with one attached hydrogen (secondary N) is 5. The normalized spacial score (nSPS) is 11.3. The molecule has 0 fully saturated rings. The molecule has 9 aromatic rings.